The van der Waals surface area contributed by atoms with Gasteiger partial charge in [0.2, 0.25) is 0 Å². The summed E-state index contributed by atoms with van der Waals surface area (Å²) in [5, 5.41) is 3.52. The molecule has 2 fully saturated rings. The number of piperidine rings is 1. The molecule has 3 unspecified atom stereocenters. The standard InChI is InChI=1S/C17H32N2O3/c1-13-7-8-15(21-13)11-18-10-14-6-5-9-19(12-14)16(20)22-17(2,3)4/h13-15,18H,5-12H2,1-4H3. The summed E-state index contributed by atoms with van der Waals surface area (Å²) in [4.78, 5) is 14.0. The normalized spacial score (nSPS) is 29.6. The van der Waals surface area contributed by atoms with Crippen LogP contribution >= 0.6 is 0 Å². The molecular formula is C17H32N2O3. The third-order valence-electron chi connectivity index (χ3n) is 4.30. The lowest BCUT2D eigenvalue weighted by Gasteiger charge is -2.34. The maximum Gasteiger partial charge on any atom is 0.410 e. The fraction of sp³-hybridized carbons (Fsp3) is 0.941. The van der Waals surface area contributed by atoms with Crippen molar-refractivity contribution in [3.05, 3.63) is 0 Å². The first kappa shape index (κ1) is 17.5. The average molecular weight is 312 g/mol. The molecule has 0 radical (unpaired) electrons. The molecule has 2 rings (SSSR count). The highest BCUT2D eigenvalue weighted by Crippen LogP contribution is 2.20. The van der Waals surface area contributed by atoms with Gasteiger partial charge in [-0.25, -0.2) is 4.79 Å². The number of likely N-dealkylation sites (tertiary alicyclic amines) is 1. The number of hydrogen-bond acceptors (Lipinski definition) is 4. The van der Waals surface area contributed by atoms with Gasteiger partial charge in [0.05, 0.1) is 12.2 Å². The number of hydrogen-bond donors (Lipinski definition) is 1. The summed E-state index contributed by atoms with van der Waals surface area (Å²) < 4.78 is 11.3. The maximum atomic E-state index is 12.1. The second-order valence-electron chi connectivity index (χ2n) is 7.74. The Labute approximate surface area is 134 Å². The van der Waals surface area contributed by atoms with Crippen LogP contribution in [-0.4, -0.2) is 55.0 Å². The molecule has 0 aliphatic carbocycles. The van der Waals surface area contributed by atoms with Crippen molar-refractivity contribution in [1.82, 2.24) is 10.2 Å². The van der Waals surface area contributed by atoms with Gasteiger partial charge in [-0.1, -0.05) is 0 Å². The first-order chi connectivity index (χ1) is 10.3. The molecule has 5 nitrogen and oxygen atoms in total. The lowest BCUT2D eigenvalue weighted by Crippen LogP contribution is -2.45. The molecule has 1 N–H and O–H groups in total. The number of carbonyl (C=O) groups is 1. The van der Waals surface area contributed by atoms with E-state index in [0.29, 0.717) is 18.1 Å². The van der Waals surface area contributed by atoms with Crippen molar-refractivity contribution in [2.45, 2.75) is 71.2 Å². The summed E-state index contributed by atoms with van der Waals surface area (Å²) in [5.74, 6) is 0.514. The van der Waals surface area contributed by atoms with Gasteiger partial charge in [0.1, 0.15) is 5.60 Å². The highest BCUT2D eigenvalue weighted by molar-refractivity contribution is 5.68. The van der Waals surface area contributed by atoms with Crippen LogP contribution in [0.1, 0.15) is 53.4 Å². The Kier molecular flexibility index (Phi) is 6.09. The second-order valence-corrected chi connectivity index (χ2v) is 7.74. The molecule has 0 aromatic rings. The first-order valence-electron chi connectivity index (χ1n) is 8.67. The zero-order valence-corrected chi connectivity index (χ0v) is 14.6. The second kappa shape index (κ2) is 7.64. The van der Waals surface area contributed by atoms with Gasteiger partial charge in [-0.3, -0.25) is 0 Å². The van der Waals surface area contributed by atoms with Crippen LogP contribution < -0.4 is 5.32 Å². The van der Waals surface area contributed by atoms with Gasteiger partial charge in [0, 0.05) is 19.6 Å². The summed E-state index contributed by atoms with van der Waals surface area (Å²) in [5.41, 5.74) is -0.418. The molecule has 2 saturated heterocycles. The minimum atomic E-state index is -0.418. The van der Waals surface area contributed by atoms with E-state index in [1.54, 1.807) is 0 Å². The van der Waals surface area contributed by atoms with Gasteiger partial charge in [0.25, 0.3) is 0 Å². The Hall–Kier alpha value is -0.810. The number of ether oxygens (including phenoxy) is 2. The maximum absolute atomic E-state index is 12.1. The lowest BCUT2D eigenvalue weighted by atomic mass is 9.98. The molecule has 2 aliphatic heterocycles. The number of carbonyl (C=O) groups excluding carboxylic acids is 1. The van der Waals surface area contributed by atoms with Crippen LogP contribution in [0.3, 0.4) is 0 Å². The molecule has 128 valence electrons. The Morgan fingerprint density at radius 2 is 2.05 bits per heavy atom. The molecule has 0 saturated carbocycles. The molecule has 3 atom stereocenters. The minimum absolute atomic E-state index is 0.176. The molecule has 1 amide bonds. The summed E-state index contributed by atoms with van der Waals surface area (Å²) >= 11 is 0. The van der Waals surface area contributed by atoms with E-state index >= 15 is 0 Å². The quantitative estimate of drug-likeness (QED) is 0.867. The summed E-state index contributed by atoms with van der Waals surface area (Å²) in [6.45, 7) is 11.4. The third kappa shape index (κ3) is 5.76. The summed E-state index contributed by atoms with van der Waals surface area (Å²) in [6.07, 6.45) is 5.15. The summed E-state index contributed by atoms with van der Waals surface area (Å²) in [7, 11) is 0. The molecule has 22 heavy (non-hydrogen) atoms. The molecule has 0 aromatic heterocycles. The number of nitrogens with zero attached hydrogens (tertiary/aromatic N) is 1. The first-order valence-corrected chi connectivity index (χ1v) is 8.67. The largest absolute Gasteiger partial charge is 0.444 e. The predicted molar refractivity (Wildman–Crippen MR) is 87.0 cm³/mol. The van der Waals surface area contributed by atoms with Crippen molar-refractivity contribution in [3.8, 4) is 0 Å². The zero-order chi connectivity index (χ0) is 16.2. The van der Waals surface area contributed by atoms with E-state index in [4.69, 9.17) is 9.47 Å². The van der Waals surface area contributed by atoms with E-state index in [-0.39, 0.29) is 6.09 Å². The average Bonchev–Trinajstić information content (AvgIpc) is 2.83. The van der Waals surface area contributed by atoms with Gasteiger partial charge in [0.15, 0.2) is 0 Å². The van der Waals surface area contributed by atoms with Crippen LogP contribution in [-0.2, 0) is 9.47 Å². The van der Waals surface area contributed by atoms with Gasteiger partial charge < -0.3 is 19.7 Å². The smallest absolute Gasteiger partial charge is 0.410 e. The van der Waals surface area contributed by atoms with E-state index in [2.05, 4.69) is 12.2 Å². The van der Waals surface area contributed by atoms with E-state index in [1.807, 2.05) is 25.7 Å². The Bertz CT molecular complexity index is 367. The van der Waals surface area contributed by atoms with Gasteiger partial charge in [-0.2, -0.15) is 0 Å². The lowest BCUT2D eigenvalue weighted by molar-refractivity contribution is 0.0160. The molecule has 0 aromatic carbocycles. The monoisotopic (exact) mass is 312 g/mol. The van der Waals surface area contributed by atoms with Gasteiger partial charge >= 0.3 is 6.09 Å². The van der Waals surface area contributed by atoms with Crippen LogP contribution in [0.15, 0.2) is 0 Å². The van der Waals surface area contributed by atoms with Crippen molar-refractivity contribution in [2.75, 3.05) is 26.2 Å². The van der Waals surface area contributed by atoms with Crippen LogP contribution in [0, 0.1) is 5.92 Å². The zero-order valence-electron chi connectivity index (χ0n) is 14.6. The predicted octanol–water partition coefficient (Wildman–Crippen LogP) is 2.79. The fourth-order valence-corrected chi connectivity index (χ4v) is 3.21. The molecule has 2 heterocycles. The van der Waals surface area contributed by atoms with E-state index < -0.39 is 5.60 Å². The third-order valence-corrected chi connectivity index (χ3v) is 4.30. The Morgan fingerprint density at radius 1 is 1.27 bits per heavy atom. The van der Waals surface area contributed by atoms with Crippen LogP contribution in [0.4, 0.5) is 4.79 Å². The van der Waals surface area contributed by atoms with Crippen molar-refractivity contribution in [3.63, 3.8) is 0 Å². The van der Waals surface area contributed by atoms with Crippen molar-refractivity contribution >= 4 is 6.09 Å². The number of amides is 1. The van der Waals surface area contributed by atoms with Crippen molar-refractivity contribution < 1.29 is 14.3 Å². The van der Waals surface area contributed by atoms with Crippen molar-refractivity contribution in [2.24, 2.45) is 5.92 Å². The SMILES string of the molecule is CC1CCC(CNCC2CCCN(C(=O)OC(C)(C)C)C2)O1. The van der Waals surface area contributed by atoms with E-state index in [1.165, 1.54) is 12.8 Å². The van der Waals surface area contributed by atoms with Gasteiger partial charge in [-0.05, 0) is 65.8 Å². The molecule has 0 bridgehead atoms. The Balaban J connectivity index is 1.68. The van der Waals surface area contributed by atoms with Crippen LogP contribution in [0.5, 0.6) is 0 Å². The highest BCUT2D eigenvalue weighted by Gasteiger charge is 2.28. The van der Waals surface area contributed by atoms with Crippen molar-refractivity contribution in [1.29, 1.82) is 0 Å². The number of nitrogens with one attached hydrogen (secondary N) is 1. The summed E-state index contributed by atoms with van der Waals surface area (Å²) in [6, 6.07) is 0. The molecule has 2 aliphatic rings. The van der Waals surface area contributed by atoms with Crippen LogP contribution in [0.25, 0.3) is 0 Å². The van der Waals surface area contributed by atoms with Crippen LogP contribution in [0.2, 0.25) is 0 Å². The van der Waals surface area contributed by atoms with E-state index in [9.17, 15) is 4.79 Å². The Morgan fingerprint density at radius 3 is 2.68 bits per heavy atom. The molecule has 0 spiro atoms. The van der Waals surface area contributed by atoms with E-state index in [0.717, 1.165) is 39.0 Å². The topological polar surface area (TPSA) is 50.8 Å². The number of rotatable bonds is 4. The molecular weight excluding hydrogens is 280 g/mol. The minimum Gasteiger partial charge on any atom is -0.444 e. The van der Waals surface area contributed by atoms with Gasteiger partial charge in [-0.15, -0.1) is 0 Å². The highest BCUT2D eigenvalue weighted by atomic mass is 16.6. The molecule has 5 heteroatoms. The fourth-order valence-electron chi connectivity index (χ4n) is 3.21.